The lowest BCUT2D eigenvalue weighted by atomic mass is 9.83. The van der Waals surface area contributed by atoms with Crippen LogP contribution in [0.5, 0.6) is 34.5 Å². The van der Waals surface area contributed by atoms with Gasteiger partial charge in [-0.25, -0.2) is 0 Å². The zero-order valence-electron chi connectivity index (χ0n) is 20.0. The monoisotopic (exact) mass is 506 g/mol. The first kappa shape index (κ1) is 22.0. The molecule has 0 atom stereocenters. The second kappa shape index (κ2) is 6.74. The van der Waals surface area contributed by atoms with Gasteiger partial charge >= 0.3 is 0 Å². The molecule has 8 nitrogen and oxygen atoms in total. The molecule has 7 aromatic rings. The molecule has 0 saturated carbocycles. The Labute approximate surface area is 211 Å². The minimum Gasteiger partial charge on any atom is -0.507 e. The third-order valence-corrected chi connectivity index (χ3v) is 7.54. The van der Waals surface area contributed by atoms with Crippen LogP contribution in [-0.4, -0.2) is 30.6 Å². The second-order valence-corrected chi connectivity index (χ2v) is 9.90. The minimum atomic E-state index is -0.684. The van der Waals surface area contributed by atoms with Gasteiger partial charge in [-0.3, -0.25) is 9.59 Å². The van der Waals surface area contributed by atoms with E-state index < -0.39 is 33.9 Å². The number of phenolic OH excluding ortho intramolecular Hbond substituents is 6. The van der Waals surface area contributed by atoms with Gasteiger partial charge < -0.3 is 30.6 Å². The van der Waals surface area contributed by atoms with E-state index in [2.05, 4.69) is 0 Å². The van der Waals surface area contributed by atoms with Crippen molar-refractivity contribution in [2.45, 2.75) is 13.8 Å². The van der Waals surface area contributed by atoms with E-state index in [4.69, 9.17) is 0 Å². The molecule has 0 fully saturated rings. The quantitative estimate of drug-likeness (QED) is 0.123. The van der Waals surface area contributed by atoms with Crippen molar-refractivity contribution < 1.29 is 30.6 Å². The summed E-state index contributed by atoms with van der Waals surface area (Å²) in [6.07, 6.45) is 0. The van der Waals surface area contributed by atoms with Crippen molar-refractivity contribution in [3.8, 4) is 34.5 Å². The van der Waals surface area contributed by atoms with Gasteiger partial charge in [0.25, 0.3) is 0 Å². The summed E-state index contributed by atoms with van der Waals surface area (Å²) in [7, 11) is 0. The zero-order valence-corrected chi connectivity index (χ0v) is 20.0. The van der Waals surface area contributed by atoms with E-state index in [0.29, 0.717) is 21.9 Å². The predicted octanol–water partition coefficient (Wildman–Crippen LogP) is 5.05. The van der Waals surface area contributed by atoms with Crippen LogP contribution in [-0.2, 0) is 0 Å². The molecular weight excluding hydrogens is 488 g/mol. The molecule has 0 spiro atoms. The Morgan fingerprint density at radius 3 is 1.05 bits per heavy atom. The largest absolute Gasteiger partial charge is 0.507 e. The van der Waals surface area contributed by atoms with Crippen LogP contribution in [0, 0.1) is 13.8 Å². The van der Waals surface area contributed by atoms with E-state index >= 15 is 0 Å². The van der Waals surface area contributed by atoms with Gasteiger partial charge in [0.2, 0.25) is 10.9 Å². The fraction of sp³-hybridized carbons (Fsp3) is 0.0667. The molecule has 186 valence electrons. The van der Waals surface area contributed by atoms with Gasteiger partial charge in [0.1, 0.15) is 34.5 Å². The number of rotatable bonds is 0. The van der Waals surface area contributed by atoms with Crippen molar-refractivity contribution in [3.05, 3.63) is 68.0 Å². The second-order valence-electron chi connectivity index (χ2n) is 9.90. The molecule has 7 aromatic carbocycles. The van der Waals surface area contributed by atoms with Crippen molar-refractivity contribution in [3.63, 3.8) is 0 Å². The third kappa shape index (κ3) is 2.39. The number of aryl methyl sites for hydroxylation is 2. The van der Waals surface area contributed by atoms with E-state index in [9.17, 15) is 40.2 Å². The first-order valence-electron chi connectivity index (χ1n) is 11.7. The smallest absolute Gasteiger partial charge is 0.201 e. The highest BCUT2D eigenvalue weighted by molar-refractivity contribution is 6.44. The van der Waals surface area contributed by atoms with Gasteiger partial charge in [-0.2, -0.15) is 0 Å². The average Bonchev–Trinajstić information content (AvgIpc) is 2.80. The lowest BCUT2D eigenvalue weighted by Gasteiger charge is -2.20. The summed E-state index contributed by atoms with van der Waals surface area (Å²) in [5.41, 5.74) is -0.144. The van der Waals surface area contributed by atoms with Crippen molar-refractivity contribution in [2.75, 3.05) is 0 Å². The number of phenols is 6. The number of aromatic hydroxyl groups is 6. The number of fused-ring (bicyclic) bond motifs is 6. The molecule has 7 rings (SSSR count). The summed E-state index contributed by atoms with van der Waals surface area (Å²) in [5.74, 6) is -2.62. The Balaban J connectivity index is 2.10. The van der Waals surface area contributed by atoms with E-state index in [1.165, 1.54) is 12.1 Å². The van der Waals surface area contributed by atoms with E-state index in [1.54, 1.807) is 26.0 Å². The van der Waals surface area contributed by atoms with Gasteiger partial charge in [0, 0.05) is 33.7 Å². The molecule has 0 bridgehead atoms. The van der Waals surface area contributed by atoms with Crippen molar-refractivity contribution in [1.29, 1.82) is 0 Å². The molecule has 6 N–H and O–H groups in total. The summed E-state index contributed by atoms with van der Waals surface area (Å²) in [6.45, 7) is 3.44. The molecule has 0 aromatic heterocycles. The highest BCUT2D eigenvalue weighted by Crippen LogP contribution is 2.53. The number of benzene rings is 7. The molecule has 38 heavy (non-hydrogen) atoms. The van der Waals surface area contributed by atoms with Crippen molar-refractivity contribution in [2.24, 2.45) is 0 Å². The van der Waals surface area contributed by atoms with Crippen LogP contribution in [0.25, 0.3) is 64.6 Å². The van der Waals surface area contributed by atoms with Gasteiger partial charge in [-0.15, -0.1) is 0 Å². The SMILES string of the molecule is Cc1cc(O)c2c(=O)c3c(O)cc(O)c4c5c(O)cc(O)c6c(=O)c7c(O)cc(C)cc7c(c65)c(c2c1)c34. The van der Waals surface area contributed by atoms with E-state index in [1.807, 2.05) is 0 Å². The third-order valence-electron chi connectivity index (χ3n) is 7.54. The first-order chi connectivity index (χ1) is 18.0. The maximum Gasteiger partial charge on any atom is 0.201 e. The van der Waals surface area contributed by atoms with Crippen molar-refractivity contribution in [1.82, 2.24) is 0 Å². The molecule has 0 aliphatic carbocycles. The minimum absolute atomic E-state index is 0.00146. The van der Waals surface area contributed by atoms with Gasteiger partial charge in [-0.1, -0.05) is 12.1 Å². The van der Waals surface area contributed by atoms with Crippen LogP contribution >= 0.6 is 0 Å². The summed E-state index contributed by atoms with van der Waals surface area (Å²) in [4.78, 5) is 27.4. The van der Waals surface area contributed by atoms with Gasteiger partial charge in [0.15, 0.2) is 0 Å². The molecule has 8 heteroatoms. The standard InChI is InChI=1S/C30H18O8/c1-9-3-11-19(13(31)5-9)29(37)25-17(35)7-15(33)23-24-16(34)8-18(36)26-28(24)22(21(11)27(23)25)12-4-10(2)6-14(32)20(12)30(26)38/h3-8,31-36H,1-2H3. The van der Waals surface area contributed by atoms with Gasteiger partial charge in [0.05, 0.1) is 21.5 Å². The maximum absolute atomic E-state index is 13.7. The fourth-order valence-corrected chi connectivity index (χ4v) is 6.22. The number of hydrogen-bond acceptors (Lipinski definition) is 8. The maximum atomic E-state index is 13.7. The fourth-order valence-electron chi connectivity index (χ4n) is 6.22. The number of hydrogen-bond donors (Lipinski definition) is 6. The lowest BCUT2D eigenvalue weighted by Crippen LogP contribution is -2.08. The summed E-state index contributed by atoms with van der Waals surface area (Å²) in [6, 6.07) is 8.11. The van der Waals surface area contributed by atoms with Crippen LogP contribution in [0.1, 0.15) is 11.1 Å². The Morgan fingerprint density at radius 1 is 0.368 bits per heavy atom. The van der Waals surface area contributed by atoms with E-state index in [0.717, 1.165) is 12.1 Å². The molecule has 0 amide bonds. The van der Waals surface area contributed by atoms with E-state index in [-0.39, 0.29) is 65.4 Å². The van der Waals surface area contributed by atoms with Crippen LogP contribution in [0.3, 0.4) is 0 Å². The molecule has 0 aliphatic heterocycles. The van der Waals surface area contributed by atoms with Crippen LogP contribution in [0.15, 0.2) is 46.0 Å². The molecule has 0 radical (unpaired) electrons. The van der Waals surface area contributed by atoms with Crippen LogP contribution < -0.4 is 10.9 Å². The molecular formula is C30H18O8. The summed E-state index contributed by atoms with van der Waals surface area (Å²) in [5, 5.41) is 66.4. The normalized spacial score (nSPS) is 12.3. The van der Waals surface area contributed by atoms with Crippen molar-refractivity contribution >= 4 is 64.6 Å². The Kier molecular flexibility index (Phi) is 3.90. The topological polar surface area (TPSA) is 156 Å². The van der Waals surface area contributed by atoms with Crippen LogP contribution in [0.2, 0.25) is 0 Å². The highest BCUT2D eigenvalue weighted by atomic mass is 16.3. The lowest BCUT2D eigenvalue weighted by molar-refractivity contribution is 0.455. The first-order valence-corrected chi connectivity index (χ1v) is 11.7. The predicted molar refractivity (Wildman–Crippen MR) is 146 cm³/mol. The molecule has 0 saturated heterocycles. The Morgan fingerprint density at radius 2 is 0.684 bits per heavy atom. The van der Waals surface area contributed by atoms with Gasteiger partial charge in [-0.05, 0) is 58.7 Å². The average molecular weight is 506 g/mol. The summed E-state index contributed by atoms with van der Waals surface area (Å²) < 4.78 is 0. The summed E-state index contributed by atoms with van der Waals surface area (Å²) >= 11 is 0. The molecule has 0 aliphatic rings. The molecule has 0 unspecified atom stereocenters. The Bertz CT molecular complexity index is 2190. The highest BCUT2D eigenvalue weighted by Gasteiger charge is 2.29. The molecule has 0 heterocycles. The Hall–Kier alpha value is -5.24. The van der Waals surface area contributed by atoms with Crippen LogP contribution in [0.4, 0.5) is 0 Å². The zero-order chi connectivity index (χ0) is 26.9.